The third-order valence-corrected chi connectivity index (χ3v) is 4.83. The molecule has 9 heteroatoms. The second kappa shape index (κ2) is 13.1. The maximum absolute atomic E-state index is 12.7. The number of rotatable bonds is 10. The molecule has 2 aromatic rings. The van der Waals surface area contributed by atoms with E-state index in [1.54, 1.807) is 24.3 Å². The van der Waals surface area contributed by atoms with Crippen molar-refractivity contribution in [1.29, 1.82) is 0 Å². The molecular formula is C21H23Cl2N2NaO4. The van der Waals surface area contributed by atoms with E-state index >= 15 is 0 Å². The molecule has 0 unspecified atom stereocenters. The number of nitrogens with zero attached hydrogens (tertiary/aromatic N) is 1. The van der Waals surface area contributed by atoms with Gasteiger partial charge in [-0.25, -0.2) is 4.79 Å². The molecule has 0 bridgehead atoms. The van der Waals surface area contributed by atoms with Crippen LogP contribution in [-0.2, 0) is 11.2 Å². The average molecular weight is 461 g/mol. The minimum Gasteiger partial charge on any atom is -0.872 e. The Hall–Kier alpha value is -1.44. The van der Waals surface area contributed by atoms with Gasteiger partial charge in [0.05, 0.1) is 0 Å². The topological polar surface area (TPSA) is 92.7 Å². The quantitative estimate of drug-likeness (QED) is 0.377. The second-order valence-electron chi connectivity index (χ2n) is 6.58. The number of carbonyl (C=O) groups excluding carboxylic acids is 1. The Bertz CT molecular complexity index is 843. The van der Waals surface area contributed by atoms with Gasteiger partial charge in [-0.1, -0.05) is 30.3 Å². The Balaban J connectivity index is 0.00000450. The molecule has 30 heavy (non-hydrogen) atoms. The van der Waals surface area contributed by atoms with Crippen molar-refractivity contribution >= 4 is 40.8 Å². The summed E-state index contributed by atoms with van der Waals surface area (Å²) < 4.78 is 0. The summed E-state index contributed by atoms with van der Waals surface area (Å²) in [6, 6.07) is 9.91. The van der Waals surface area contributed by atoms with Crippen LogP contribution in [0, 0.1) is 6.92 Å². The molecule has 0 aliphatic carbocycles. The zero-order valence-electron chi connectivity index (χ0n) is 17.0. The van der Waals surface area contributed by atoms with Gasteiger partial charge in [0.1, 0.15) is 6.04 Å². The Morgan fingerprint density at radius 1 is 1.10 bits per heavy atom. The van der Waals surface area contributed by atoms with Crippen molar-refractivity contribution in [2.75, 3.05) is 29.7 Å². The van der Waals surface area contributed by atoms with E-state index in [0.29, 0.717) is 36.0 Å². The number of hydrogen-bond acceptors (Lipinski definition) is 4. The maximum Gasteiger partial charge on any atom is 1.00 e. The number of benzene rings is 2. The SMILES string of the molecule is Cc1ccc(C(=O)N[C@@H](Cc2ccc([O-])cc2)C(=O)O)cc1N(CCCl)CCCl.[Na+]. The predicted molar refractivity (Wildman–Crippen MR) is 113 cm³/mol. The second-order valence-corrected chi connectivity index (χ2v) is 7.33. The average Bonchev–Trinajstić information content (AvgIpc) is 2.69. The van der Waals surface area contributed by atoms with Gasteiger partial charge in [-0.15, -0.1) is 29.0 Å². The first-order valence-electron chi connectivity index (χ1n) is 9.13. The van der Waals surface area contributed by atoms with Crippen molar-refractivity contribution in [2.24, 2.45) is 0 Å². The molecule has 156 valence electrons. The predicted octanol–water partition coefficient (Wildman–Crippen LogP) is -0.218. The zero-order valence-corrected chi connectivity index (χ0v) is 20.5. The molecule has 0 aliphatic rings. The van der Waals surface area contributed by atoms with E-state index < -0.39 is 17.9 Å². The van der Waals surface area contributed by atoms with Crippen molar-refractivity contribution in [3.05, 3.63) is 59.2 Å². The number of amides is 1. The molecule has 6 nitrogen and oxygen atoms in total. The molecular weight excluding hydrogens is 438 g/mol. The molecule has 2 N–H and O–H groups in total. The largest absolute Gasteiger partial charge is 1.00 e. The number of hydrogen-bond donors (Lipinski definition) is 2. The van der Waals surface area contributed by atoms with Crippen molar-refractivity contribution in [1.82, 2.24) is 5.32 Å². The summed E-state index contributed by atoms with van der Waals surface area (Å²) >= 11 is 11.8. The van der Waals surface area contributed by atoms with Crippen molar-refractivity contribution in [3.8, 4) is 5.75 Å². The molecule has 0 aliphatic heterocycles. The number of halogens is 2. The fourth-order valence-corrected chi connectivity index (χ4v) is 3.36. The molecule has 0 fully saturated rings. The smallest absolute Gasteiger partial charge is 0.872 e. The summed E-state index contributed by atoms with van der Waals surface area (Å²) in [5, 5.41) is 23.3. The normalized spacial score (nSPS) is 11.3. The summed E-state index contributed by atoms with van der Waals surface area (Å²) in [5.74, 6) is -0.972. The van der Waals surface area contributed by atoms with Crippen LogP contribution in [0.25, 0.3) is 0 Å². The number of anilines is 1. The Kier molecular flexibility index (Phi) is 11.6. The molecule has 0 spiro atoms. The molecule has 0 heterocycles. The van der Waals surface area contributed by atoms with Crippen LogP contribution in [0.4, 0.5) is 5.69 Å². The third kappa shape index (κ3) is 7.67. The van der Waals surface area contributed by atoms with Crippen molar-refractivity contribution < 1.29 is 49.4 Å². The van der Waals surface area contributed by atoms with Crippen LogP contribution >= 0.6 is 23.2 Å². The number of carboxylic acid groups (broad SMARTS) is 1. The van der Waals surface area contributed by atoms with Gasteiger partial charge in [-0.3, -0.25) is 4.79 Å². The number of carbonyl (C=O) groups is 2. The van der Waals surface area contributed by atoms with Crippen LogP contribution in [0.3, 0.4) is 0 Å². The van der Waals surface area contributed by atoms with Crippen LogP contribution in [0.5, 0.6) is 5.75 Å². The van der Waals surface area contributed by atoms with E-state index in [2.05, 4.69) is 5.32 Å². The first-order valence-corrected chi connectivity index (χ1v) is 10.2. The van der Waals surface area contributed by atoms with E-state index in [0.717, 1.165) is 11.3 Å². The third-order valence-electron chi connectivity index (χ3n) is 4.49. The molecule has 2 rings (SSSR count). The number of alkyl halides is 2. The van der Waals surface area contributed by atoms with Crippen molar-refractivity contribution in [2.45, 2.75) is 19.4 Å². The van der Waals surface area contributed by atoms with Gasteiger partial charge in [0.25, 0.3) is 5.91 Å². The van der Waals surface area contributed by atoms with Gasteiger partial charge in [0, 0.05) is 42.5 Å². The minimum absolute atomic E-state index is 0. The minimum atomic E-state index is -1.15. The number of carboxylic acids is 1. The maximum atomic E-state index is 12.7. The Labute approximate surface area is 208 Å². The standard InChI is InChI=1S/C21H24Cl2N2O4.Na/c1-14-2-5-16(13-19(14)25(10-8-22)11-9-23)20(27)24-18(21(28)29)12-15-3-6-17(26)7-4-15;/h2-7,13,18,26H,8-12H2,1H3,(H,24,27)(H,28,29);/q;+1/p-1/t18-;/m0./s1. The number of nitrogens with one attached hydrogen (secondary N) is 1. The Morgan fingerprint density at radius 2 is 1.70 bits per heavy atom. The molecule has 0 aromatic heterocycles. The van der Waals surface area contributed by atoms with Crippen LogP contribution in [-0.4, -0.2) is 47.9 Å². The number of aliphatic carboxylic acids is 1. The number of aryl methyl sites for hydroxylation is 1. The van der Waals surface area contributed by atoms with Crippen LogP contribution in [0.1, 0.15) is 21.5 Å². The van der Waals surface area contributed by atoms with Gasteiger partial charge in [0.15, 0.2) is 0 Å². The summed E-state index contributed by atoms with van der Waals surface area (Å²) in [5.41, 5.74) is 2.79. The molecule has 1 atom stereocenters. The fraction of sp³-hybridized carbons (Fsp3) is 0.333. The van der Waals surface area contributed by atoms with Gasteiger partial charge in [-0.2, -0.15) is 0 Å². The fourth-order valence-electron chi connectivity index (χ4n) is 2.95. The van der Waals surface area contributed by atoms with Crippen LogP contribution in [0.2, 0.25) is 0 Å². The van der Waals surface area contributed by atoms with E-state index in [1.165, 1.54) is 12.1 Å². The first kappa shape index (κ1) is 26.6. The van der Waals surface area contributed by atoms with Gasteiger partial charge >= 0.3 is 35.5 Å². The molecule has 0 radical (unpaired) electrons. The molecule has 0 saturated carbocycles. The molecule has 0 saturated heterocycles. The summed E-state index contributed by atoms with van der Waals surface area (Å²) in [4.78, 5) is 26.3. The van der Waals surface area contributed by atoms with Gasteiger partial charge in [0.2, 0.25) is 0 Å². The monoisotopic (exact) mass is 460 g/mol. The zero-order chi connectivity index (χ0) is 21.4. The van der Waals surface area contributed by atoms with Crippen molar-refractivity contribution in [3.63, 3.8) is 0 Å². The molecule has 2 aromatic carbocycles. The van der Waals surface area contributed by atoms with E-state index in [9.17, 15) is 19.8 Å². The van der Waals surface area contributed by atoms with Gasteiger partial charge in [-0.05, 0) is 30.2 Å². The summed E-state index contributed by atoms with van der Waals surface area (Å²) in [7, 11) is 0. The summed E-state index contributed by atoms with van der Waals surface area (Å²) in [6.45, 7) is 3.08. The van der Waals surface area contributed by atoms with Crippen LogP contribution < -0.4 is 44.9 Å². The van der Waals surface area contributed by atoms with E-state index in [1.807, 2.05) is 17.9 Å². The summed E-state index contributed by atoms with van der Waals surface area (Å²) in [6.07, 6.45) is 0.0741. The van der Waals surface area contributed by atoms with Gasteiger partial charge < -0.3 is 20.4 Å². The van der Waals surface area contributed by atoms with Crippen LogP contribution in [0.15, 0.2) is 42.5 Å². The van der Waals surface area contributed by atoms with E-state index in [-0.39, 0.29) is 41.7 Å². The van der Waals surface area contributed by atoms with E-state index in [4.69, 9.17) is 23.2 Å². The first-order chi connectivity index (χ1) is 13.8. The Morgan fingerprint density at radius 3 is 2.23 bits per heavy atom. The molecule has 1 amide bonds.